The lowest BCUT2D eigenvalue weighted by Crippen LogP contribution is -2.52. The van der Waals surface area contributed by atoms with Crippen molar-refractivity contribution in [3.05, 3.63) is 64.1 Å². The third kappa shape index (κ3) is 4.50. The molecular weight excluding hydrogens is 420 g/mol. The second-order valence-corrected chi connectivity index (χ2v) is 7.92. The molecule has 9 heteroatoms. The van der Waals surface area contributed by atoms with Crippen molar-refractivity contribution in [2.75, 3.05) is 38.0 Å². The average Bonchev–Trinajstić information content (AvgIpc) is 3.10. The van der Waals surface area contributed by atoms with Crippen molar-refractivity contribution in [2.45, 2.75) is 13.0 Å². The molecule has 0 saturated carbocycles. The van der Waals surface area contributed by atoms with Crippen LogP contribution in [-0.2, 0) is 9.59 Å². The normalized spacial score (nSPS) is 15.7. The molecule has 1 aliphatic rings. The summed E-state index contributed by atoms with van der Waals surface area (Å²) in [5.41, 5.74) is 1.64. The average molecular weight is 443 g/mol. The van der Waals surface area contributed by atoms with E-state index in [0.717, 1.165) is 0 Å². The van der Waals surface area contributed by atoms with Crippen LogP contribution in [-0.4, -0.2) is 58.9 Å². The van der Waals surface area contributed by atoms with Gasteiger partial charge in [0.1, 0.15) is 6.04 Å². The lowest BCUT2D eigenvalue weighted by atomic mass is 10.2. The third-order valence-electron chi connectivity index (χ3n) is 5.46. The summed E-state index contributed by atoms with van der Waals surface area (Å²) >= 11 is 6.08. The Morgan fingerprint density at radius 1 is 1.06 bits per heavy atom. The van der Waals surface area contributed by atoms with Gasteiger partial charge in [-0.3, -0.25) is 19.1 Å². The standard InChI is InChI=1S/C22H23ClN4O4/c1-15(27-18-8-4-5-9-19(18)31-22(27)30)21(29)26-12-10-25(11-13-26)14-20(28)24-17-7-3-2-6-16(17)23/h2-9,15H,10-14H2,1H3,(H,24,28). The van der Waals surface area contributed by atoms with Crippen LogP contribution in [0.1, 0.15) is 13.0 Å². The lowest BCUT2D eigenvalue weighted by molar-refractivity contribution is -0.136. The van der Waals surface area contributed by atoms with Crippen molar-refractivity contribution in [1.82, 2.24) is 14.4 Å². The monoisotopic (exact) mass is 442 g/mol. The number of oxazole rings is 1. The molecule has 0 bridgehead atoms. The molecule has 1 aliphatic heterocycles. The van der Waals surface area contributed by atoms with Crippen LogP contribution in [0.2, 0.25) is 5.02 Å². The topological polar surface area (TPSA) is 87.8 Å². The number of hydrogen-bond donors (Lipinski definition) is 1. The summed E-state index contributed by atoms with van der Waals surface area (Å²) in [6, 6.07) is 13.5. The quantitative estimate of drug-likeness (QED) is 0.656. The summed E-state index contributed by atoms with van der Waals surface area (Å²) < 4.78 is 6.64. The van der Waals surface area contributed by atoms with E-state index in [0.29, 0.717) is 48.0 Å². The van der Waals surface area contributed by atoms with E-state index in [4.69, 9.17) is 16.0 Å². The van der Waals surface area contributed by atoms with Crippen LogP contribution < -0.4 is 11.1 Å². The number of amides is 2. The number of para-hydroxylation sites is 3. The van der Waals surface area contributed by atoms with E-state index in [1.165, 1.54) is 4.57 Å². The largest absolute Gasteiger partial charge is 0.420 e. The highest BCUT2D eigenvalue weighted by atomic mass is 35.5. The van der Waals surface area contributed by atoms with Gasteiger partial charge >= 0.3 is 5.76 Å². The first-order chi connectivity index (χ1) is 14.9. The van der Waals surface area contributed by atoms with Gasteiger partial charge in [-0.15, -0.1) is 0 Å². The van der Waals surface area contributed by atoms with Crippen LogP contribution in [0.3, 0.4) is 0 Å². The Labute approximate surface area is 184 Å². The smallest absolute Gasteiger partial charge is 0.408 e. The van der Waals surface area contributed by atoms with Crippen LogP contribution >= 0.6 is 11.6 Å². The minimum atomic E-state index is -0.675. The van der Waals surface area contributed by atoms with Crippen molar-refractivity contribution >= 4 is 40.2 Å². The maximum atomic E-state index is 13.0. The van der Waals surface area contributed by atoms with Crippen LogP contribution in [0.15, 0.2) is 57.7 Å². The highest BCUT2D eigenvalue weighted by molar-refractivity contribution is 6.33. The molecule has 1 fully saturated rings. The van der Waals surface area contributed by atoms with E-state index >= 15 is 0 Å². The van der Waals surface area contributed by atoms with Gasteiger partial charge in [0.2, 0.25) is 11.8 Å². The Kier molecular flexibility index (Phi) is 6.11. The van der Waals surface area contributed by atoms with Crippen LogP contribution in [0.4, 0.5) is 5.69 Å². The predicted molar refractivity (Wildman–Crippen MR) is 118 cm³/mol. The first-order valence-corrected chi connectivity index (χ1v) is 10.5. The minimum absolute atomic E-state index is 0.145. The lowest BCUT2D eigenvalue weighted by Gasteiger charge is -2.35. The van der Waals surface area contributed by atoms with E-state index < -0.39 is 11.8 Å². The van der Waals surface area contributed by atoms with E-state index in [1.54, 1.807) is 54.3 Å². The van der Waals surface area contributed by atoms with Crippen molar-refractivity contribution in [1.29, 1.82) is 0 Å². The summed E-state index contributed by atoms with van der Waals surface area (Å²) in [7, 11) is 0. The second-order valence-electron chi connectivity index (χ2n) is 7.51. The van der Waals surface area contributed by atoms with E-state index in [2.05, 4.69) is 5.32 Å². The molecule has 1 unspecified atom stereocenters. The predicted octanol–water partition coefficient (Wildman–Crippen LogP) is 2.59. The molecule has 1 atom stereocenters. The number of fused-ring (bicyclic) bond motifs is 1. The second kappa shape index (κ2) is 8.95. The number of anilines is 1. The molecule has 0 radical (unpaired) electrons. The molecule has 1 aromatic heterocycles. The number of benzene rings is 2. The molecule has 3 aromatic rings. The van der Waals surface area contributed by atoms with Gasteiger partial charge in [-0.05, 0) is 31.2 Å². The fraction of sp³-hybridized carbons (Fsp3) is 0.318. The Morgan fingerprint density at radius 2 is 1.74 bits per heavy atom. The number of halogens is 1. The van der Waals surface area contributed by atoms with Gasteiger partial charge in [0.15, 0.2) is 5.58 Å². The summed E-state index contributed by atoms with van der Waals surface area (Å²) in [5.74, 6) is -0.844. The van der Waals surface area contributed by atoms with Crippen molar-refractivity contribution in [3.63, 3.8) is 0 Å². The molecule has 8 nitrogen and oxygen atoms in total. The van der Waals surface area contributed by atoms with Crippen LogP contribution in [0.5, 0.6) is 0 Å². The van der Waals surface area contributed by atoms with Gasteiger partial charge < -0.3 is 14.6 Å². The van der Waals surface area contributed by atoms with Gasteiger partial charge in [-0.1, -0.05) is 35.9 Å². The Morgan fingerprint density at radius 3 is 2.48 bits per heavy atom. The fourth-order valence-electron chi connectivity index (χ4n) is 3.81. The summed E-state index contributed by atoms with van der Waals surface area (Å²) in [4.78, 5) is 41.3. The van der Waals surface area contributed by atoms with Gasteiger partial charge in [0.25, 0.3) is 0 Å². The highest BCUT2D eigenvalue weighted by Gasteiger charge is 2.29. The van der Waals surface area contributed by atoms with Gasteiger partial charge in [0.05, 0.1) is 22.8 Å². The molecule has 1 N–H and O–H groups in total. The molecule has 2 amide bonds. The van der Waals surface area contributed by atoms with Gasteiger partial charge in [-0.2, -0.15) is 0 Å². The molecule has 0 spiro atoms. The molecular formula is C22H23ClN4O4. The van der Waals surface area contributed by atoms with Crippen molar-refractivity contribution in [3.8, 4) is 0 Å². The molecule has 0 aliphatic carbocycles. The van der Waals surface area contributed by atoms with Gasteiger partial charge in [0, 0.05) is 26.2 Å². The maximum absolute atomic E-state index is 13.0. The third-order valence-corrected chi connectivity index (χ3v) is 5.79. The number of nitrogens with one attached hydrogen (secondary N) is 1. The Bertz CT molecular complexity index is 1160. The van der Waals surface area contributed by atoms with E-state index in [9.17, 15) is 14.4 Å². The first-order valence-electron chi connectivity index (χ1n) is 10.1. The molecule has 4 rings (SSSR count). The minimum Gasteiger partial charge on any atom is -0.408 e. The molecule has 162 valence electrons. The number of nitrogens with zero attached hydrogens (tertiary/aromatic N) is 3. The van der Waals surface area contributed by atoms with E-state index in [-0.39, 0.29) is 18.4 Å². The number of aromatic nitrogens is 1. The number of carbonyl (C=O) groups excluding carboxylic acids is 2. The van der Waals surface area contributed by atoms with E-state index in [1.807, 2.05) is 11.0 Å². The zero-order valence-electron chi connectivity index (χ0n) is 17.1. The summed E-state index contributed by atoms with van der Waals surface area (Å²) in [6.07, 6.45) is 0. The first kappa shape index (κ1) is 21.1. The maximum Gasteiger partial charge on any atom is 0.420 e. The molecule has 31 heavy (non-hydrogen) atoms. The fourth-order valence-corrected chi connectivity index (χ4v) is 3.99. The zero-order chi connectivity index (χ0) is 22.0. The Balaban J connectivity index is 1.34. The summed E-state index contributed by atoms with van der Waals surface area (Å²) in [5, 5.41) is 3.30. The number of hydrogen-bond acceptors (Lipinski definition) is 5. The van der Waals surface area contributed by atoms with Crippen LogP contribution in [0.25, 0.3) is 11.1 Å². The molecule has 1 saturated heterocycles. The Hall–Kier alpha value is -3.10. The summed E-state index contributed by atoms with van der Waals surface area (Å²) in [6.45, 7) is 4.01. The number of rotatable bonds is 5. The van der Waals surface area contributed by atoms with Crippen molar-refractivity contribution in [2.24, 2.45) is 0 Å². The highest BCUT2D eigenvalue weighted by Crippen LogP contribution is 2.21. The number of piperazine rings is 1. The van der Waals surface area contributed by atoms with Gasteiger partial charge in [-0.25, -0.2) is 4.79 Å². The SMILES string of the molecule is CC(C(=O)N1CCN(CC(=O)Nc2ccccc2Cl)CC1)n1c(=O)oc2ccccc21. The van der Waals surface area contributed by atoms with Crippen molar-refractivity contribution < 1.29 is 14.0 Å². The molecule has 2 heterocycles. The van der Waals surface area contributed by atoms with Crippen LogP contribution in [0, 0.1) is 0 Å². The zero-order valence-corrected chi connectivity index (χ0v) is 17.8. The number of carbonyl (C=O) groups is 2. The molecule has 2 aromatic carbocycles.